The van der Waals surface area contributed by atoms with Crippen molar-refractivity contribution in [3.8, 4) is 0 Å². The second kappa shape index (κ2) is 7.88. The Bertz CT molecular complexity index is 942. The maximum Gasteiger partial charge on any atom is 0.295 e. The molecule has 10 heteroatoms. The minimum Gasteiger partial charge on any atom is -0.365 e. The number of nitro groups is 1. The molecule has 4 rings (SSSR count). The number of nitro benzene ring substituents is 1. The third-order valence-corrected chi connectivity index (χ3v) is 5.28. The highest BCUT2D eigenvalue weighted by molar-refractivity contribution is 5.97. The van der Waals surface area contributed by atoms with E-state index in [4.69, 9.17) is 4.74 Å². The normalized spacial score (nSPS) is 27.2. The molecule has 0 unspecified atom stereocenters. The van der Waals surface area contributed by atoms with Gasteiger partial charge >= 0.3 is 0 Å². The lowest BCUT2D eigenvalue weighted by atomic mass is 10.1. The highest BCUT2D eigenvalue weighted by Gasteiger charge is 2.35. The van der Waals surface area contributed by atoms with E-state index in [0.717, 1.165) is 5.69 Å². The Kier molecular flexibility index (Phi) is 5.29. The second-order valence-electron chi connectivity index (χ2n) is 7.39. The molecule has 2 aromatic rings. The zero-order valence-electron chi connectivity index (χ0n) is 15.9. The van der Waals surface area contributed by atoms with Crippen LogP contribution < -0.4 is 15.5 Å². The van der Waals surface area contributed by atoms with Crippen molar-refractivity contribution in [2.24, 2.45) is 0 Å². The lowest BCUT2D eigenvalue weighted by molar-refractivity contribution is -0.383. The number of rotatable bonds is 4. The van der Waals surface area contributed by atoms with Crippen molar-refractivity contribution in [1.29, 1.82) is 0 Å². The number of carbonyl (C=O) groups is 1. The van der Waals surface area contributed by atoms with Crippen LogP contribution in [0.15, 0.2) is 30.5 Å². The number of non-ortho nitro benzene ring substituents is 1. The quantitative estimate of drug-likeness (QED) is 0.582. The number of anilines is 1. The number of pyridine rings is 1. The average Bonchev–Trinajstić information content (AvgIpc) is 3.10. The van der Waals surface area contributed by atoms with Crippen molar-refractivity contribution in [2.75, 3.05) is 31.1 Å². The Morgan fingerprint density at radius 3 is 2.93 bits per heavy atom. The van der Waals surface area contributed by atoms with E-state index in [1.165, 1.54) is 12.3 Å². The minimum atomic E-state index is -1.12. The molecular weight excluding hydrogens is 381 g/mol. The van der Waals surface area contributed by atoms with Crippen LogP contribution in [-0.2, 0) is 9.53 Å². The van der Waals surface area contributed by atoms with E-state index < -0.39 is 23.2 Å². The molecule has 0 saturated carbocycles. The van der Waals surface area contributed by atoms with Gasteiger partial charge in [0.05, 0.1) is 23.6 Å². The minimum absolute atomic E-state index is 0.0670. The number of hydrogen-bond donors (Lipinski definition) is 2. The van der Waals surface area contributed by atoms with Gasteiger partial charge in [-0.2, -0.15) is 0 Å². The summed E-state index contributed by atoms with van der Waals surface area (Å²) in [6.45, 7) is 3.24. The first-order valence-electron chi connectivity index (χ1n) is 9.51. The van der Waals surface area contributed by atoms with Crippen molar-refractivity contribution in [3.05, 3.63) is 40.6 Å². The van der Waals surface area contributed by atoms with Gasteiger partial charge in [0.2, 0.25) is 0 Å². The van der Waals surface area contributed by atoms with E-state index in [9.17, 15) is 19.3 Å². The number of alkyl halides is 1. The first-order valence-corrected chi connectivity index (χ1v) is 9.51. The van der Waals surface area contributed by atoms with Gasteiger partial charge in [-0.15, -0.1) is 0 Å². The van der Waals surface area contributed by atoms with Gasteiger partial charge in [-0.25, -0.2) is 9.37 Å². The molecule has 154 valence electrons. The summed E-state index contributed by atoms with van der Waals surface area (Å²) in [7, 11) is 0. The van der Waals surface area contributed by atoms with Crippen molar-refractivity contribution < 1.29 is 18.8 Å². The first-order chi connectivity index (χ1) is 13.9. The largest absolute Gasteiger partial charge is 0.365 e. The summed E-state index contributed by atoms with van der Waals surface area (Å²) in [5.41, 5.74) is 0.979. The maximum atomic E-state index is 13.8. The molecule has 1 aromatic heterocycles. The van der Waals surface area contributed by atoms with Crippen molar-refractivity contribution in [3.63, 3.8) is 0 Å². The first kappa shape index (κ1) is 19.5. The molecule has 29 heavy (non-hydrogen) atoms. The molecule has 2 aliphatic heterocycles. The fourth-order valence-electron chi connectivity index (χ4n) is 3.92. The molecule has 0 aliphatic carbocycles. The van der Waals surface area contributed by atoms with E-state index in [1.54, 1.807) is 18.2 Å². The Labute approximate surface area is 166 Å². The SMILES string of the molecule is C[C@@H]1CN(c2ccc([N+](=O)[O-])c3ncccc23)C[C@H](C(=O)N[C@@H]2CNC[C@@H]2F)O1. The van der Waals surface area contributed by atoms with Crippen LogP contribution in [0, 0.1) is 10.1 Å². The van der Waals surface area contributed by atoms with Crippen LogP contribution >= 0.6 is 0 Å². The van der Waals surface area contributed by atoms with Crippen LogP contribution in [0.4, 0.5) is 15.8 Å². The van der Waals surface area contributed by atoms with E-state index >= 15 is 0 Å². The Morgan fingerprint density at radius 1 is 1.38 bits per heavy atom. The van der Waals surface area contributed by atoms with Crippen molar-refractivity contribution >= 4 is 28.2 Å². The number of morpholine rings is 1. The zero-order chi connectivity index (χ0) is 20.5. The molecule has 3 heterocycles. The molecule has 1 aromatic carbocycles. The van der Waals surface area contributed by atoms with Crippen LogP contribution in [0.2, 0.25) is 0 Å². The summed E-state index contributed by atoms with van der Waals surface area (Å²) >= 11 is 0. The van der Waals surface area contributed by atoms with Gasteiger partial charge in [0, 0.05) is 43.0 Å². The lowest BCUT2D eigenvalue weighted by Gasteiger charge is -2.38. The van der Waals surface area contributed by atoms with Gasteiger partial charge < -0.3 is 20.3 Å². The molecule has 2 fully saturated rings. The lowest BCUT2D eigenvalue weighted by Crippen LogP contribution is -2.55. The number of nitrogens with zero attached hydrogens (tertiary/aromatic N) is 3. The fourth-order valence-corrected chi connectivity index (χ4v) is 3.92. The Hall–Kier alpha value is -2.85. The average molecular weight is 403 g/mol. The molecule has 0 radical (unpaired) electrons. The van der Waals surface area contributed by atoms with Gasteiger partial charge in [-0.3, -0.25) is 14.9 Å². The topological polar surface area (TPSA) is 110 Å². The Balaban J connectivity index is 1.59. The number of hydrogen-bond acceptors (Lipinski definition) is 7. The van der Waals surface area contributed by atoms with E-state index in [1.807, 2.05) is 11.8 Å². The number of benzene rings is 1. The van der Waals surface area contributed by atoms with Crippen LogP contribution in [0.3, 0.4) is 0 Å². The molecule has 2 saturated heterocycles. The molecular formula is C19H22FN5O4. The third-order valence-electron chi connectivity index (χ3n) is 5.28. The van der Waals surface area contributed by atoms with Crippen LogP contribution in [0.1, 0.15) is 6.92 Å². The van der Waals surface area contributed by atoms with Gasteiger partial charge in [-0.1, -0.05) is 0 Å². The molecule has 1 amide bonds. The van der Waals surface area contributed by atoms with Gasteiger partial charge in [-0.05, 0) is 25.1 Å². The second-order valence-corrected chi connectivity index (χ2v) is 7.39. The summed E-state index contributed by atoms with van der Waals surface area (Å²) in [5, 5.41) is 17.6. The Morgan fingerprint density at radius 2 is 2.21 bits per heavy atom. The number of ether oxygens (including phenoxy) is 1. The van der Waals surface area contributed by atoms with Crippen LogP contribution in [-0.4, -0.2) is 66.4 Å². The summed E-state index contributed by atoms with van der Waals surface area (Å²) in [4.78, 5) is 29.7. The number of nitrogens with one attached hydrogen (secondary N) is 2. The molecule has 2 N–H and O–H groups in total. The van der Waals surface area contributed by atoms with Crippen molar-refractivity contribution in [2.45, 2.75) is 31.3 Å². The fraction of sp³-hybridized carbons (Fsp3) is 0.474. The molecule has 9 nitrogen and oxygen atoms in total. The van der Waals surface area contributed by atoms with Crippen LogP contribution in [0.5, 0.6) is 0 Å². The third kappa shape index (κ3) is 3.85. The molecule has 4 atom stereocenters. The number of halogens is 1. The molecule has 0 spiro atoms. The van der Waals surface area contributed by atoms with Crippen molar-refractivity contribution in [1.82, 2.24) is 15.6 Å². The van der Waals surface area contributed by atoms with E-state index in [-0.39, 0.29) is 30.8 Å². The highest BCUT2D eigenvalue weighted by atomic mass is 19.1. The van der Waals surface area contributed by atoms with E-state index in [2.05, 4.69) is 15.6 Å². The van der Waals surface area contributed by atoms with Crippen LogP contribution in [0.25, 0.3) is 10.9 Å². The number of carbonyl (C=O) groups excluding carboxylic acids is 1. The van der Waals surface area contributed by atoms with Gasteiger partial charge in [0.1, 0.15) is 11.7 Å². The van der Waals surface area contributed by atoms with E-state index in [0.29, 0.717) is 24.0 Å². The smallest absolute Gasteiger partial charge is 0.295 e. The number of fused-ring (bicyclic) bond motifs is 1. The predicted octanol–water partition coefficient (Wildman–Crippen LogP) is 1.16. The zero-order valence-corrected chi connectivity index (χ0v) is 15.9. The van der Waals surface area contributed by atoms with Gasteiger partial charge in [0.15, 0.2) is 6.10 Å². The molecule has 0 bridgehead atoms. The number of amides is 1. The molecule has 2 aliphatic rings. The summed E-state index contributed by atoms with van der Waals surface area (Å²) in [5.74, 6) is -0.359. The van der Waals surface area contributed by atoms with Gasteiger partial charge in [0.25, 0.3) is 11.6 Å². The standard InChI is InChI=1S/C19H22FN5O4/c1-11-9-24(10-17(29-11)19(26)23-14-8-21-7-13(14)20)15-4-5-16(25(27)28)18-12(15)3-2-6-22-18/h2-6,11,13-14,17,21H,7-10H2,1H3,(H,23,26)/t11-,13+,14-,17-/m1/s1. The summed E-state index contributed by atoms with van der Waals surface area (Å²) < 4.78 is 19.6. The summed E-state index contributed by atoms with van der Waals surface area (Å²) in [6, 6.07) is 6.03. The monoisotopic (exact) mass is 403 g/mol. The highest BCUT2D eigenvalue weighted by Crippen LogP contribution is 2.33. The summed E-state index contributed by atoms with van der Waals surface area (Å²) in [6.07, 6.45) is -0.626. The maximum absolute atomic E-state index is 13.8. The number of aromatic nitrogens is 1. The predicted molar refractivity (Wildman–Crippen MR) is 105 cm³/mol.